The maximum atomic E-state index is 10.2. The molecule has 0 bridgehead atoms. The SMILES string of the molecule is CCNC(=NCc1ccnn1C)NCC(O)c1ccc(Cl)cc1. The Hall–Kier alpha value is -2.05. The first-order valence-electron chi connectivity index (χ1n) is 7.52. The summed E-state index contributed by atoms with van der Waals surface area (Å²) in [4.78, 5) is 4.50. The molecule has 1 aromatic heterocycles. The van der Waals surface area contributed by atoms with Gasteiger partial charge in [0.15, 0.2) is 5.96 Å². The molecule has 2 rings (SSSR count). The average molecular weight is 336 g/mol. The Bertz CT molecular complexity index is 638. The van der Waals surface area contributed by atoms with Gasteiger partial charge in [-0.2, -0.15) is 5.10 Å². The fourth-order valence-corrected chi connectivity index (χ4v) is 2.18. The normalized spacial score (nSPS) is 13.0. The van der Waals surface area contributed by atoms with Gasteiger partial charge in [-0.1, -0.05) is 23.7 Å². The molecule has 0 saturated carbocycles. The fraction of sp³-hybridized carbons (Fsp3) is 0.375. The number of aliphatic hydroxyl groups excluding tert-OH is 1. The zero-order valence-corrected chi connectivity index (χ0v) is 14.1. The van der Waals surface area contributed by atoms with Crippen molar-refractivity contribution in [3.05, 3.63) is 52.8 Å². The smallest absolute Gasteiger partial charge is 0.191 e. The molecule has 0 aliphatic heterocycles. The van der Waals surface area contributed by atoms with Crippen LogP contribution in [0, 0.1) is 0 Å². The number of benzene rings is 1. The van der Waals surface area contributed by atoms with Gasteiger partial charge < -0.3 is 15.7 Å². The maximum absolute atomic E-state index is 10.2. The van der Waals surface area contributed by atoms with Gasteiger partial charge in [-0.15, -0.1) is 0 Å². The number of aliphatic hydroxyl groups is 1. The summed E-state index contributed by atoms with van der Waals surface area (Å²) in [5.41, 5.74) is 1.82. The zero-order valence-electron chi connectivity index (χ0n) is 13.3. The third-order valence-electron chi connectivity index (χ3n) is 3.38. The van der Waals surface area contributed by atoms with Gasteiger partial charge in [0.2, 0.25) is 0 Å². The van der Waals surface area contributed by atoms with Gasteiger partial charge in [-0.25, -0.2) is 4.99 Å². The van der Waals surface area contributed by atoms with Gasteiger partial charge in [0.05, 0.1) is 18.3 Å². The van der Waals surface area contributed by atoms with Crippen molar-refractivity contribution in [1.82, 2.24) is 20.4 Å². The second-order valence-electron chi connectivity index (χ2n) is 5.09. The largest absolute Gasteiger partial charge is 0.387 e. The molecular weight excluding hydrogens is 314 g/mol. The Morgan fingerprint density at radius 3 is 2.65 bits per heavy atom. The summed E-state index contributed by atoms with van der Waals surface area (Å²) in [5.74, 6) is 0.654. The topological polar surface area (TPSA) is 74.5 Å². The van der Waals surface area contributed by atoms with Crippen molar-refractivity contribution < 1.29 is 5.11 Å². The van der Waals surface area contributed by atoms with Crippen LogP contribution in [0.15, 0.2) is 41.5 Å². The van der Waals surface area contributed by atoms with Crippen LogP contribution in [0.3, 0.4) is 0 Å². The number of aromatic nitrogens is 2. The third-order valence-corrected chi connectivity index (χ3v) is 3.64. The van der Waals surface area contributed by atoms with Crippen LogP contribution < -0.4 is 10.6 Å². The highest BCUT2D eigenvalue weighted by Gasteiger charge is 2.08. The number of aryl methyl sites for hydroxylation is 1. The number of nitrogens with one attached hydrogen (secondary N) is 2. The minimum Gasteiger partial charge on any atom is -0.387 e. The van der Waals surface area contributed by atoms with E-state index < -0.39 is 6.10 Å². The molecule has 6 nitrogen and oxygen atoms in total. The molecule has 3 N–H and O–H groups in total. The number of halogens is 1. The highest BCUT2D eigenvalue weighted by atomic mass is 35.5. The van der Waals surface area contributed by atoms with Gasteiger partial charge in [-0.05, 0) is 30.7 Å². The Kier molecular flexibility index (Phi) is 6.43. The van der Waals surface area contributed by atoms with Crippen LogP contribution in [0.25, 0.3) is 0 Å². The zero-order chi connectivity index (χ0) is 16.7. The number of hydrogen-bond donors (Lipinski definition) is 3. The van der Waals surface area contributed by atoms with E-state index in [9.17, 15) is 5.11 Å². The molecule has 0 fully saturated rings. The molecule has 0 radical (unpaired) electrons. The maximum Gasteiger partial charge on any atom is 0.191 e. The van der Waals surface area contributed by atoms with Crippen molar-refractivity contribution in [3.8, 4) is 0 Å². The standard InChI is InChI=1S/C16H22ClN5O/c1-3-18-16(19-10-14-8-9-21-22(14)2)20-11-15(23)12-4-6-13(17)7-5-12/h4-9,15,23H,3,10-11H2,1-2H3,(H2,18,19,20). The van der Waals surface area contributed by atoms with Crippen molar-refractivity contribution in [3.63, 3.8) is 0 Å². The van der Waals surface area contributed by atoms with E-state index >= 15 is 0 Å². The summed E-state index contributed by atoms with van der Waals surface area (Å²) in [6.45, 7) is 3.62. The quantitative estimate of drug-likeness (QED) is 0.556. The molecule has 23 heavy (non-hydrogen) atoms. The lowest BCUT2D eigenvalue weighted by Gasteiger charge is -2.15. The van der Waals surface area contributed by atoms with Crippen LogP contribution in [0.4, 0.5) is 0 Å². The van der Waals surface area contributed by atoms with E-state index in [0.29, 0.717) is 24.1 Å². The number of nitrogens with zero attached hydrogens (tertiary/aromatic N) is 3. The number of rotatable bonds is 6. The molecule has 1 unspecified atom stereocenters. The molecular formula is C16H22ClN5O. The lowest BCUT2D eigenvalue weighted by molar-refractivity contribution is 0.181. The molecule has 1 atom stereocenters. The first-order chi connectivity index (χ1) is 11.1. The van der Waals surface area contributed by atoms with Crippen molar-refractivity contribution in [2.45, 2.75) is 19.6 Å². The predicted molar refractivity (Wildman–Crippen MR) is 92.4 cm³/mol. The summed E-state index contributed by atoms with van der Waals surface area (Å²) in [6, 6.07) is 9.09. The van der Waals surface area contributed by atoms with Crippen molar-refractivity contribution in [2.24, 2.45) is 12.0 Å². The molecule has 7 heteroatoms. The molecule has 0 saturated heterocycles. The lowest BCUT2D eigenvalue weighted by Crippen LogP contribution is -2.39. The van der Waals surface area contributed by atoms with Gasteiger partial charge in [0.25, 0.3) is 0 Å². The molecule has 1 aromatic carbocycles. The summed E-state index contributed by atoms with van der Waals surface area (Å²) in [6.07, 6.45) is 1.11. The molecule has 2 aromatic rings. The highest BCUT2D eigenvalue weighted by Crippen LogP contribution is 2.15. The Labute approximate surface area is 141 Å². The second-order valence-corrected chi connectivity index (χ2v) is 5.53. The van der Waals surface area contributed by atoms with Crippen molar-refractivity contribution in [2.75, 3.05) is 13.1 Å². The molecule has 1 heterocycles. The minimum atomic E-state index is -0.632. The lowest BCUT2D eigenvalue weighted by atomic mass is 10.1. The summed E-state index contributed by atoms with van der Waals surface area (Å²) >= 11 is 5.85. The Morgan fingerprint density at radius 2 is 2.04 bits per heavy atom. The third kappa shape index (κ3) is 5.26. The van der Waals surface area contributed by atoms with E-state index in [2.05, 4.69) is 20.7 Å². The monoisotopic (exact) mass is 335 g/mol. The molecule has 0 spiro atoms. The van der Waals surface area contributed by atoms with Crippen molar-refractivity contribution in [1.29, 1.82) is 0 Å². The molecule has 0 aliphatic rings. The van der Waals surface area contributed by atoms with Crippen LogP contribution in [-0.4, -0.2) is 33.9 Å². The van der Waals surface area contributed by atoms with E-state index in [1.165, 1.54) is 0 Å². The number of guanidine groups is 1. The van der Waals surface area contributed by atoms with Gasteiger partial charge in [0.1, 0.15) is 0 Å². The number of aliphatic imine (C=N–C) groups is 1. The van der Waals surface area contributed by atoms with E-state index in [0.717, 1.165) is 17.8 Å². The summed E-state index contributed by atoms with van der Waals surface area (Å²) in [5, 5.41) is 21.3. The van der Waals surface area contributed by atoms with Gasteiger partial charge >= 0.3 is 0 Å². The summed E-state index contributed by atoms with van der Waals surface area (Å²) < 4.78 is 1.79. The predicted octanol–water partition coefficient (Wildman–Crippen LogP) is 1.86. The van der Waals surface area contributed by atoms with Crippen molar-refractivity contribution >= 4 is 17.6 Å². The average Bonchev–Trinajstić information content (AvgIpc) is 2.95. The highest BCUT2D eigenvalue weighted by molar-refractivity contribution is 6.30. The van der Waals surface area contributed by atoms with E-state index in [-0.39, 0.29) is 0 Å². The molecule has 124 valence electrons. The van der Waals surface area contributed by atoms with E-state index in [1.807, 2.05) is 32.2 Å². The molecule has 0 amide bonds. The first kappa shape index (κ1) is 17.3. The first-order valence-corrected chi connectivity index (χ1v) is 7.90. The molecule has 0 aliphatic carbocycles. The van der Waals surface area contributed by atoms with Crippen LogP contribution in [0.1, 0.15) is 24.3 Å². The minimum absolute atomic E-state index is 0.360. The second kappa shape index (κ2) is 8.55. The Morgan fingerprint density at radius 1 is 1.30 bits per heavy atom. The number of hydrogen-bond acceptors (Lipinski definition) is 3. The fourth-order valence-electron chi connectivity index (χ4n) is 2.05. The van der Waals surface area contributed by atoms with Crippen LogP contribution in [0.2, 0.25) is 5.02 Å². The van der Waals surface area contributed by atoms with Crippen LogP contribution in [0.5, 0.6) is 0 Å². The van der Waals surface area contributed by atoms with Crippen LogP contribution in [-0.2, 0) is 13.6 Å². The van der Waals surface area contributed by atoms with Crippen LogP contribution >= 0.6 is 11.6 Å². The van der Waals surface area contributed by atoms with E-state index in [4.69, 9.17) is 11.6 Å². The summed E-state index contributed by atoms with van der Waals surface area (Å²) in [7, 11) is 1.88. The van der Waals surface area contributed by atoms with Gasteiger partial charge in [-0.3, -0.25) is 4.68 Å². The van der Waals surface area contributed by atoms with Gasteiger partial charge in [0, 0.05) is 31.4 Å². The Balaban J connectivity index is 1.93. The van der Waals surface area contributed by atoms with E-state index in [1.54, 1.807) is 23.0 Å².